The summed E-state index contributed by atoms with van der Waals surface area (Å²) < 4.78 is 27.3. The number of pyridine rings is 1. The monoisotopic (exact) mass is 396 g/mol. The average Bonchev–Trinajstić information content (AvgIpc) is 2.60. The van der Waals surface area contributed by atoms with Gasteiger partial charge in [-0.1, -0.05) is 0 Å². The van der Waals surface area contributed by atoms with Crippen molar-refractivity contribution >= 4 is 21.7 Å². The highest BCUT2D eigenvalue weighted by molar-refractivity contribution is 7.89. The van der Waals surface area contributed by atoms with Crippen molar-refractivity contribution in [2.24, 2.45) is 0 Å². The Kier molecular flexibility index (Phi) is 6.86. The summed E-state index contributed by atoms with van der Waals surface area (Å²) >= 11 is 0. The van der Waals surface area contributed by atoms with Crippen LogP contribution >= 0.6 is 0 Å². The van der Waals surface area contributed by atoms with Gasteiger partial charge in [0.05, 0.1) is 0 Å². The fraction of sp³-hybridized carbons (Fsp3) is 0.684. The molecule has 27 heavy (non-hydrogen) atoms. The van der Waals surface area contributed by atoms with Crippen LogP contribution in [0, 0.1) is 0 Å². The molecule has 0 atom stereocenters. The van der Waals surface area contributed by atoms with E-state index in [9.17, 15) is 13.2 Å². The molecule has 0 aromatic carbocycles. The second kappa shape index (κ2) is 8.56. The molecular formula is C19H32N4O3S. The molecule has 8 heteroatoms. The number of rotatable bonds is 6. The van der Waals surface area contributed by atoms with Gasteiger partial charge < -0.3 is 9.80 Å². The van der Waals surface area contributed by atoms with Gasteiger partial charge in [0.25, 0.3) is 0 Å². The van der Waals surface area contributed by atoms with Crippen LogP contribution in [0.4, 0.5) is 5.82 Å². The Labute approximate surface area is 163 Å². The molecule has 0 bridgehead atoms. The van der Waals surface area contributed by atoms with E-state index >= 15 is 0 Å². The topological polar surface area (TPSA) is 73.8 Å². The van der Waals surface area contributed by atoms with Crippen LogP contribution in [0.3, 0.4) is 0 Å². The molecule has 0 N–H and O–H groups in total. The maximum Gasteiger partial charge on any atom is 0.245 e. The molecule has 2 rings (SSSR count). The third kappa shape index (κ3) is 4.79. The molecule has 0 saturated carbocycles. The van der Waals surface area contributed by atoms with E-state index in [1.54, 1.807) is 24.0 Å². The van der Waals surface area contributed by atoms with Crippen molar-refractivity contribution in [1.82, 2.24) is 14.2 Å². The van der Waals surface area contributed by atoms with Crippen molar-refractivity contribution in [1.29, 1.82) is 0 Å². The zero-order valence-electron chi connectivity index (χ0n) is 17.2. The van der Waals surface area contributed by atoms with Gasteiger partial charge in [0.2, 0.25) is 15.9 Å². The number of carbonyl (C=O) groups excluding carboxylic acids is 1. The fourth-order valence-corrected chi connectivity index (χ4v) is 5.50. The van der Waals surface area contributed by atoms with Gasteiger partial charge in [0, 0.05) is 51.4 Å². The van der Waals surface area contributed by atoms with Crippen LogP contribution in [-0.2, 0) is 14.8 Å². The lowest BCUT2D eigenvalue weighted by Crippen LogP contribution is -2.45. The average molecular weight is 397 g/mol. The molecule has 7 nitrogen and oxygen atoms in total. The van der Waals surface area contributed by atoms with E-state index in [0.29, 0.717) is 0 Å². The summed E-state index contributed by atoms with van der Waals surface area (Å²) in [5, 5.41) is 0. The number of anilines is 1. The van der Waals surface area contributed by atoms with Crippen LogP contribution < -0.4 is 4.90 Å². The first-order valence-electron chi connectivity index (χ1n) is 9.53. The van der Waals surface area contributed by atoms with E-state index in [4.69, 9.17) is 0 Å². The Morgan fingerprint density at radius 3 is 2.11 bits per heavy atom. The Hall–Kier alpha value is -1.67. The fourth-order valence-electron chi connectivity index (χ4n) is 3.72. The Morgan fingerprint density at radius 1 is 1.15 bits per heavy atom. The van der Waals surface area contributed by atoms with Crippen LogP contribution in [0.1, 0.15) is 47.5 Å². The van der Waals surface area contributed by atoms with Gasteiger partial charge in [-0.2, -0.15) is 4.31 Å². The molecule has 152 valence electrons. The van der Waals surface area contributed by atoms with Crippen molar-refractivity contribution in [3.63, 3.8) is 0 Å². The van der Waals surface area contributed by atoms with E-state index in [-0.39, 0.29) is 28.9 Å². The lowest BCUT2D eigenvalue weighted by atomic mass is 10.0. The summed E-state index contributed by atoms with van der Waals surface area (Å²) in [6.45, 7) is 10.7. The number of nitrogens with zero attached hydrogens (tertiary/aromatic N) is 4. The summed E-state index contributed by atoms with van der Waals surface area (Å²) in [5.74, 6) is 0.861. The molecule has 1 amide bonds. The van der Waals surface area contributed by atoms with Crippen molar-refractivity contribution in [3.8, 4) is 0 Å². The number of hydrogen-bond acceptors (Lipinski definition) is 5. The lowest BCUT2D eigenvalue weighted by Gasteiger charge is -2.37. The largest absolute Gasteiger partial charge is 0.356 e. The second-order valence-electron chi connectivity index (χ2n) is 7.72. The van der Waals surface area contributed by atoms with Crippen LogP contribution in [0.25, 0.3) is 0 Å². The normalized spacial score (nSPS) is 16.4. The number of sulfonamides is 1. The van der Waals surface area contributed by atoms with Crippen molar-refractivity contribution in [2.45, 2.75) is 70.5 Å². The minimum absolute atomic E-state index is 0.0843. The maximum absolute atomic E-state index is 12.9. The molecule has 0 spiro atoms. The summed E-state index contributed by atoms with van der Waals surface area (Å²) in [6, 6.07) is 3.44. The highest BCUT2D eigenvalue weighted by Gasteiger charge is 2.30. The maximum atomic E-state index is 12.9. The molecule has 2 heterocycles. The molecule has 0 radical (unpaired) electrons. The van der Waals surface area contributed by atoms with Crippen LogP contribution in [0.2, 0.25) is 0 Å². The minimum Gasteiger partial charge on any atom is -0.356 e. The van der Waals surface area contributed by atoms with Crippen molar-refractivity contribution in [3.05, 3.63) is 18.3 Å². The highest BCUT2D eigenvalue weighted by Crippen LogP contribution is 2.24. The smallest absolute Gasteiger partial charge is 0.245 e. The number of carbonyl (C=O) groups is 1. The van der Waals surface area contributed by atoms with E-state index < -0.39 is 10.0 Å². The number of amides is 1. The molecule has 1 aliphatic heterocycles. The predicted molar refractivity (Wildman–Crippen MR) is 107 cm³/mol. The molecule has 1 saturated heterocycles. The van der Waals surface area contributed by atoms with Gasteiger partial charge in [-0.15, -0.1) is 0 Å². The van der Waals surface area contributed by atoms with Gasteiger partial charge in [0.1, 0.15) is 10.7 Å². The summed E-state index contributed by atoms with van der Waals surface area (Å²) in [4.78, 5) is 20.1. The molecule has 1 aromatic rings. The Balaban J connectivity index is 2.11. The van der Waals surface area contributed by atoms with Crippen LogP contribution in [0.15, 0.2) is 23.2 Å². The first kappa shape index (κ1) is 21.6. The summed E-state index contributed by atoms with van der Waals surface area (Å²) in [5.41, 5.74) is 0. The molecule has 1 aliphatic rings. The lowest BCUT2D eigenvalue weighted by molar-refractivity contribution is -0.129. The van der Waals surface area contributed by atoms with Gasteiger partial charge in [0.15, 0.2) is 0 Å². The molecular weight excluding hydrogens is 364 g/mol. The van der Waals surface area contributed by atoms with E-state index in [0.717, 1.165) is 31.7 Å². The SMILES string of the molecule is CC(=O)N(C)C1CCN(c2ccc(S(=O)(=O)N(C(C)C)C(C)C)cn2)CC1. The van der Waals surface area contributed by atoms with Gasteiger partial charge >= 0.3 is 0 Å². The molecule has 0 aliphatic carbocycles. The van der Waals surface area contributed by atoms with E-state index in [1.807, 2.05) is 34.7 Å². The Morgan fingerprint density at radius 2 is 1.70 bits per heavy atom. The first-order valence-corrected chi connectivity index (χ1v) is 11.0. The van der Waals surface area contributed by atoms with Crippen molar-refractivity contribution in [2.75, 3.05) is 25.0 Å². The predicted octanol–water partition coefficient (Wildman–Crippen LogP) is 2.34. The minimum atomic E-state index is -3.57. The standard InChI is InChI=1S/C19H32N4O3S/c1-14(2)23(15(3)4)27(25,26)18-7-8-19(20-13-18)22-11-9-17(10-12-22)21(6)16(5)24/h7-8,13-15,17H,9-12H2,1-6H3. The van der Waals surface area contributed by atoms with Gasteiger partial charge in [-0.05, 0) is 52.7 Å². The molecule has 1 aromatic heterocycles. The number of aromatic nitrogens is 1. The van der Waals surface area contributed by atoms with Gasteiger partial charge in [-0.3, -0.25) is 4.79 Å². The number of hydrogen-bond donors (Lipinski definition) is 0. The Bertz CT molecular complexity index is 731. The van der Waals surface area contributed by atoms with Gasteiger partial charge in [-0.25, -0.2) is 13.4 Å². The van der Waals surface area contributed by atoms with Crippen LogP contribution in [0.5, 0.6) is 0 Å². The second-order valence-corrected chi connectivity index (χ2v) is 9.57. The zero-order chi connectivity index (χ0) is 20.4. The third-order valence-corrected chi connectivity index (χ3v) is 7.38. The number of piperidine rings is 1. The summed E-state index contributed by atoms with van der Waals surface area (Å²) in [6.07, 6.45) is 3.22. The van der Waals surface area contributed by atoms with Crippen molar-refractivity contribution < 1.29 is 13.2 Å². The molecule has 1 fully saturated rings. The quantitative estimate of drug-likeness (QED) is 0.738. The summed E-state index contributed by atoms with van der Waals surface area (Å²) in [7, 11) is -1.73. The highest BCUT2D eigenvalue weighted by atomic mass is 32.2. The zero-order valence-corrected chi connectivity index (χ0v) is 18.0. The third-order valence-electron chi connectivity index (χ3n) is 5.15. The van der Waals surface area contributed by atoms with Crippen LogP contribution in [-0.4, -0.2) is 66.8 Å². The van der Waals surface area contributed by atoms with E-state index in [1.165, 1.54) is 10.5 Å². The molecule has 0 unspecified atom stereocenters. The first-order chi connectivity index (χ1) is 12.6. The van der Waals surface area contributed by atoms with E-state index in [2.05, 4.69) is 9.88 Å².